The lowest BCUT2D eigenvalue weighted by Crippen LogP contribution is -2.60. The average Bonchev–Trinajstić information content (AvgIpc) is 3.12. The first-order valence-electron chi connectivity index (χ1n) is 7.90. The number of rotatable bonds is 3. The molecule has 1 fully saturated rings. The van der Waals surface area contributed by atoms with Crippen molar-refractivity contribution in [3.8, 4) is 11.8 Å². The van der Waals surface area contributed by atoms with Crippen LogP contribution in [0.5, 0.6) is 0 Å². The van der Waals surface area contributed by atoms with Crippen molar-refractivity contribution in [1.82, 2.24) is 14.8 Å². The summed E-state index contributed by atoms with van der Waals surface area (Å²) in [5, 5.41) is 62.7. The van der Waals surface area contributed by atoms with E-state index in [9.17, 15) is 35.4 Å². The Morgan fingerprint density at radius 3 is 2.31 bits per heavy atom. The number of hydrogen-bond donors (Lipinski definition) is 7. The van der Waals surface area contributed by atoms with Gasteiger partial charge in [-0.15, -0.1) is 5.10 Å². The smallest absolute Gasteiger partial charge is 0.286 e. The van der Waals surface area contributed by atoms with Gasteiger partial charge in [-0.05, 0) is 30.2 Å². The Morgan fingerprint density at radius 1 is 1.17 bits per heavy atom. The van der Waals surface area contributed by atoms with Crippen LogP contribution in [0, 0.1) is 11.8 Å². The molecule has 0 spiro atoms. The van der Waals surface area contributed by atoms with Gasteiger partial charge >= 0.3 is 0 Å². The predicted molar refractivity (Wildman–Crippen MR) is 92.4 cm³/mol. The van der Waals surface area contributed by atoms with E-state index in [0.29, 0.717) is 15.3 Å². The number of benzene rings is 1. The molecular formula is C16H15ClN4O8. The molecule has 2 aromatic rings. The van der Waals surface area contributed by atoms with E-state index in [-0.39, 0.29) is 5.82 Å². The second-order valence-electron chi connectivity index (χ2n) is 6.10. The van der Waals surface area contributed by atoms with E-state index >= 15 is 0 Å². The topological polar surface area (TPSA) is 204 Å². The lowest BCUT2D eigenvalue weighted by molar-refractivity contribution is -0.363. The lowest BCUT2D eigenvalue weighted by Gasteiger charge is -2.31. The molecule has 0 aliphatic carbocycles. The molecule has 0 unspecified atom stereocenters. The largest absolute Gasteiger partial charge is 0.366 e. The number of primary amides is 1. The van der Waals surface area contributed by atoms with E-state index in [2.05, 4.69) is 21.9 Å². The molecule has 0 radical (unpaired) electrons. The summed E-state index contributed by atoms with van der Waals surface area (Å²) in [6, 6.07) is 6.39. The Labute approximate surface area is 167 Å². The first-order valence-corrected chi connectivity index (χ1v) is 8.28. The highest BCUT2D eigenvalue weighted by atomic mass is 35.5. The SMILES string of the molecule is NC(=O)c1nc(C#Cc2ccc(Cl)cc2)nn1[C@@H]1O[C@H](C(O)O)C(O)(O)C1(O)O. The van der Waals surface area contributed by atoms with Crippen molar-refractivity contribution in [3.63, 3.8) is 0 Å². The summed E-state index contributed by atoms with van der Waals surface area (Å²) in [6.45, 7) is 0. The van der Waals surface area contributed by atoms with Gasteiger partial charge in [0.2, 0.25) is 17.9 Å². The number of carbonyl (C=O) groups is 1. The molecule has 1 aliphatic heterocycles. The van der Waals surface area contributed by atoms with Gasteiger partial charge in [-0.2, -0.15) is 4.98 Å². The Balaban J connectivity index is 2.02. The molecule has 13 heteroatoms. The first kappa shape index (κ1) is 21.1. The number of aliphatic hydroxyl groups is 6. The average molecular weight is 427 g/mol. The van der Waals surface area contributed by atoms with Crippen molar-refractivity contribution >= 4 is 17.5 Å². The number of halogens is 1. The monoisotopic (exact) mass is 426 g/mol. The third-order valence-electron chi connectivity index (χ3n) is 4.07. The highest BCUT2D eigenvalue weighted by Gasteiger charge is 2.69. The van der Waals surface area contributed by atoms with E-state index in [1.54, 1.807) is 24.3 Å². The Morgan fingerprint density at radius 2 is 1.79 bits per heavy atom. The summed E-state index contributed by atoms with van der Waals surface area (Å²) in [6.07, 6.45) is -6.99. The molecule has 29 heavy (non-hydrogen) atoms. The summed E-state index contributed by atoms with van der Waals surface area (Å²) in [7, 11) is 0. The Hall–Kier alpha value is -2.60. The molecule has 3 rings (SSSR count). The lowest BCUT2D eigenvalue weighted by atomic mass is 10.0. The van der Waals surface area contributed by atoms with Gasteiger partial charge in [0, 0.05) is 10.6 Å². The third kappa shape index (κ3) is 3.69. The van der Waals surface area contributed by atoms with Crippen LogP contribution in [0.2, 0.25) is 5.02 Å². The maximum absolute atomic E-state index is 11.7. The van der Waals surface area contributed by atoms with Gasteiger partial charge < -0.3 is 41.1 Å². The van der Waals surface area contributed by atoms with Crippen LogP contribution in [-0.4, -0.2) is 75.3 Å². The molecule has 2 heterocycles. The minimum absolute atomic E-state index is 0.289. The predicted octanol–water partition coefficient (Wildman–Crippen LogP) is -3.00. The molecule has 12 nitrogen and oxygen atoms in total. The summed E-state index contributed by atoms with van der Waals surface area (Å²) < 4.78 is 5.37. The van der Waals surface area contributed by atoms with Gasteiger partial charge in [-0.25, -0.2) is 4.68 Å². The number of hydrogen-bond acceptors (Lipinski definition) is 10. The summed E-state index contributed by atoms with van der Waals surface area (Å²) in [5.74, 6) is -4.00. The molecule has 0 saturated carbocycles. The number of amides is 1. The maximum atomic E-state index is 11.7. The summed E-state index contributed by atoms with van der Waals surface area (Å²) in [4.78, 5) is 15.4. The van der Waals surface area contributed by atoms with E-state index in [1.165, 1.54) is 0 Å². The zero-order valence-electron chi connectivity index (χ0n) is 14.3. The number of nitrogens with zero attached hydrogens (tertiary/aromatic N) is 3. The zero-order chi connectivity index (χ0) is 21.6. The fourth-order valence-corrected chi connectivity index (χ4v) is 2.72. The second-order valence-corrected chi connectivity index (χ2v) is 6.54. The molecule has 154 valence electrons. The number of aliphatic hydroxyl groups excluding tert-OH is 1. The number of carbonyl (C=O) groups excluding carboxylic acids is 1. The standard InChI is InChI=1S/C16H15ClN4O8/c17-8-4-1-7(2-5-8)3-6-9-19-12(11(18)22)21(20-9)14-16(27,28)15(25,26)10(29-14)13(23)24/h1-2,4-5,10,13-14,23-28H,(H2,18,22)/t10-,14-/m1/s1. The highest BCUT2D eigenvalue weighted by molar-refractivity contribution is 6.30. The van der Waals surface area contributed by atoms with Crippen LogP contribution in [0.25, 0.3) is 0 Å². The van der Waals surface area contributed by atoms with Gasteiger partial charge in [0.05, 0.1) is 0 Å². The van der Waals surface area contributed by atoms with Crippen LogP contribution in [0.3, 0.4) is 0 Å². The number of aromatic nitrogens is 3. The third-order valence-corrected chi connectivity index (χ3v) is 4.32. The van der Waals surface area contributed by atoms with E-state index in [1.807, 2.05) is 0 Å². The van der Waals surface area contributed by atoms with Crippen LogP contribution >= 0.6 is 11.6 Å². The van der Waals surface area contributed by atoms with Crippen LogP contribution in [0.4, 0.5) is 0 Å². The van der Waals surface area contributed by atoms with Gasteiger partial charge in [-0.3, -0.25) is 4.79 Å². The van der Waals surface area contributed by atoms with Gasteiger partial charge in [0.25, 0.3) is 17.5 Å². The molecule has 8 N–H and O–H groups in total. The first-order chi connectivity index (χ1) is 13.4. The van der Waals surface area contributed by atoms with Crippen molar-refractivity contribution in [3.05, 3.63) is 46.5 Å². The fourth-order valence-electron chi connectivity index (χ4n) is 2.60. The van der Waals surface area contributed by atoms with Crippen LogP contribution in [0.15, 0.2) is 24.3 Å². The van der Waals surface area contributed by atoms with Crippen molar-refractivity contribution in [2.45, 2.75) is 30.2 Å². The molecule has 1 aliphatic rings. The highest BCUT2D eigenvalue weighted by Crippen LogP contribution is 2.43. The molecule has 1 amide bonds. The molecule has 0 bridgehead atoms. The molecule has 2 atom stereocenters. The normalized spacial score (nSPS) is 22.3. The Kier molecular flexibility index (Phi) is 5.34. The van der Waals surface area contributed by atoms with Crippen LogP contribution < -0.4 is 5.73 Å². The number of ether oxygens (including phenoxy) is 1. The van der Waals surface area contributed by atoms with Crippen molar-refractivity contribution in [2.24, 2.45) is 5.73 Å². The quantitative estimate of drug-likeness (QED) is 0.195. The van der Waals surface area contributed by atoms with Gasteiger partial charge in [0.15, 0.2) is 12.4 Å². The molecule has 1 aromatic heterocycles. The maximum Gasteiger partial charge on any atom is 0.286 e. The minimum Gasteiger partial charge on any atom is -0.366 e. The molecule has 1 aromatic carbocycles. The molecular weight excluding hydrogens is 412 g/mol. The summed E-state index contributed by atoms with van der Waals surface area (Å²) in [5.41, 5.74) is 5.73. The van der Waals surface area contributed by atoms with Crippen molar-refractivity contribution < 1.29 is 40.2 Å². The van der Waals surface area contributed by atoms with E-state index in [4.69, 9.17) is 22.1 Å². The Bertz CT molecular complexity index is 993. The fraction of sp³-hybridized carbons (Fsp3) is 0.312. The van der Waals surface area contributed by atoms with Gasteiger partial charge in [0.1, 0.15) is 0 Å². The van der Waals surface area contributed by atoms with Gasteiger partial charge in [-0.1, -0.05) is 17.5 Å². The van der Waals surface area contributed by atoms with Crippen LogP contribution in [0.1, 0.15) is 28.2 Å². The minimum atomic E-state index is -3.54. The summed E-state index contributed by atoms with van der Waals surface area (Å²) >= 11 is 5.78. The van der Waals surface area contributed by atoms with Crippen molar-refractivity contribution in [1.29, 1.82) is 0 Å². The van der Waals surface area contributed by atoms with Crippen LogP contribution in [-0.2, 0) is 4.74 Å². The van der Waals surface area contributed by atoms with E-state index < -0.39 is 41.9 Å². The van der Waals surface area contributed by atoms with Crippen molar-refractivity contribution in [2.75, 3.05) is 0 Å². The van der Waals surface area contributed by atoms with E-state index in [0.717, 1.165) is 0 Å². The molecule has 1 saturated heterocycles. The number of nitrogens with two attached hydrogens (primary N) is 1. The zero-order valence-corrected chi connectivity index (χ0v) is 15.1. The second kappa shape index (κ2) is 7.34.